The third kappa shape index (κ3) is 3.13. The van der Waals surface area contributed by atoms with E-state index >= 15 is 0 Å². The van der Waals surface area contributed by atoms with E-state index in [0.717, 1.165) is 90.6 Å². The van der Waals surface area contributed by atoms with Crippen LogP contribution in [-0.2, 0) is 16.6 Å². The van der Waals surface area contributed by atoms with Crippen LogP contribution in [0.1, 0.15) is 57.0 Å². The van der Waals surface area contributed by atoms with Gasteiger partial charge in [-0.05, 0) is 75.3 Å². The molecule has 4 aliphatic rings. The average molecular weight is 445 g/mol. The maximum absolute atomic E-state index is 12.1. The molecule has 0 unspecified atom stereocenters. The quantitative estimate of drug-likeness (QED) is 0.603. The molecule has 7 rings (SSSR count). The van der Waals surface area contributed by atoms with Crippen LogP contribution in [0.3, 0.4) is 0 Å². The third-order valence-electron chi connectivity index (χ3n) is 8.05. The van der Waals surface area contributed by atoms with Crippen molar-refractivity contribution in [1.82, 2.24) is 15.0 Å². The Morgan fingerprint density at radius 3 is 2.52 bits per heavy atom. The summed E-state index contributed by atoms with van der Waals surface area (Å²) in [5.41, 5.74) is 10.1. The topological polar surface area (TPSA) is 103 Å². The zero-order chi connectivity index (χ0) is 22.6. The highest BCUT2D eigenvalue weighted by Crippen LogP contribution is 2.57. The number of hydrogen-bond donors (Lipinski definition) is 2. The summed E-state index contributed by atoms with van der Waals surface area (Å²) >= 11 is 0. The number of hydrogen-bond acceptors (Lipinski definition) is 5. The van der Waals surface area contributed by atoms with Crippen LogP contribution in [0, 0.1) is 5.41 Å². The highest BCUT2D eigenvalue weighted by Gasteiger charge is 2.53. The van der Waals surface area contributed by atoms with Crippen LogP contribution in [0.5, 0.6) is 11.5 Å². The molecule has 1 aliphatic heterocycles. The summed E-state index contributed by atoms with van der Waals surface area (Å²) in [4.78, 5) is 25.9. The first-order chi connectivity index (χ1) is 16.0. The van der Waals surface area contributed by atoms with Gasteiger partial charge in [-0.2, -0.15) is 0 Å². The van der Waals surface area contributed by atoms with E-state index in [1.165, 1.54) is 0 Å². The van der Waals surface area contributed by atoms with Gasteiger partial charge in [0.05, 0.1) is 17.1 Å². The molecule has 3 heterocycles. The molecule has 7 nitrogen and oxygen atoms in total. The van der Waals surface area contributed by atoms with Gasteiger partial charge in [0, 0.05) is 22.1 Å². The number of benzene rings is 1. The number of H-pyrrole nitrogens is 1. The van der Waals surface area contributed by atoms with Crippen molar-refractivity contribution in [1.29, 1.82) is 0 Å². The van der Waals surface area contributed by atoms with Crippen molar-refractivity contribution < 1.29 is 14.3 Å². The molecule has 33 heavy (non-hydrogen) atoms. The number of primary amides is 1. The number of imidazole rings is 1. The van der Waals surface area contributed by atoms with Crippen LogP contribution in [0.2, 0.25) is 0 Å². The van der Waals surface area contributed by atoms with Crippen LogP contribution in [0.15, 0.2) is 36.4 Å². The van der Waals surface area contributed by atoms with Crippen LogP contribution >= 0.6 is 0 Å². The second-order valence-corrected chi connectivity index (χ2v) is 9.67. The second-order valence-electron chi connectivity index (χ2n) is 9.67. The van der Waals surface area contributed by atoms with Gasteiger partial charge in [-0.3, -0.25) is 9.78 Å². The lowest BCUT2D eigenvalue weighted by Gasteiger charge is -2.51. The smallest absolute Gasteiger partial charge is 0.231 e. The number of amides is 1. The van der Waals surface area contributed by atoms with E-state index in [2.05, 4.69) is 11.9 Å². The van der Waals surface area contributed by atoms with Crippen molar-refractivity contribution in [2.24, 2.45) is 11.1 Å². The number of aryl methyl sites for hydroxylation is 1. The summed E-state index contributed by atoms with van der Waals surface area (Å²) in [7, 11) is 0. The Kier molecular flexibility index (Phi) is 4.50. The molecule has 1 amide bonds. The molecule has 0 spiro atoms. The molecule has 3 fully saturated rings. The molecular weight excluding hydrogens is 416 g/mol. The Bertz CT molecular complexity index is 1220. The Morgan fingerprint density at radius 2 is 1.79 bits per heavy atom. The molecule has 3 aliphatic carbocycles. The molecular formula is C26H28N4O3. The largest absolute Gasteiger partial charge is 0.454 e. The predicted molar refractivity (Wildman–Crippen MR) is 124 cm³/mol. The lowest BCUT2D eigenvalue weighted by molar-refractivity contribution is -0.134. The molecule has 3 N–H and O–H groups in total. The van der Waals surface area contributed by atoms with Gasteiger partial charge in [0.25, 0.3) is 0 Å². The fourth-order valence-corrected chi connectivity index (χ4v) is 5.79. The van der Waals surface area contributed by atoms with Gasteiger partial charge in [0.1, 0.15) is 5.82 Å². The summed E-state index contributed by atoms with van der Waals surface area (Å²) in [6, 6.07) is 12.1. The Balaban J connectivity index is 1.46. The van der Waals surface area contributed by atoms with Crippen molar-refractivity contribution >= 4 is 5.91 Å². The van der Waals surface area contributed by atoms with E-state index < -0.39 is 0 Å². The Morgan fingerprint density at radius 1 is 1.03 bits per heavy atom. The highest BCUT2D eigenvalue weighted by atomic mass is 16.7. The number of nitrogens with one attached hydrogen (secondary N) is 1. The molecule has 0 atom stereocenters. The Labute approximate surface area is 192 Å². The highest BCUT2D eigenvalue weighted by molar-refractivity contribution is 5.81. The van der Waals surface area contributed by atoms with E-state index in [1.54, 1.807) is 0 Å². The molecule has 170 valence electrons. The predicted octanol–water partition coefficient (Wildman–Crippen LogP) is 4.51. The lowest BCUT2D eigenvalue weighted by atomic mass is 9.53. The zero-order valence-corrected chi connectivity index (χ0v) is 18.8. The molecule has 0 radical (unpaired) electrons. The minimum atomic E-state index is -0.325. The average Bonchev–Trinajstić information content (AvgIpc) is 3.52. The number of fused-ring (bicyclic) bond motifs is 4. The Hall–Kier alpha value is -3.35. The maximum atomic E-state index is 12.1. The fourth-order valence-electron chi connectivity index (χ4n) is 5.79. The number of aromatic amines is 1. The van der Waals surface area contributed by atoms with Gasteiger partial charge in [-0.25, -0.2) is 4.98 Å². The number of nitrogens with zero attached hydrogens (tertiary/aromatic N) is 2. The van der Waals surface area contributed by atoms with Gasteiger partial charge in [-0.1, -0.05) is 13.0 Å². The number of aromatic nitrogens is 3. The van der Waals surface area contributed by atoms with E-state index in [9.17, 15) is 4.79 Å². The van der Waals surface area contributed by atoms with Crippen molar-refractivity contribution in [3.05, 3.63) is 47.9 Å². The first-order valence-electron chi connectivity index (χ1n) is 11.8. The lowest BCUT2D eigenvalue weighted by Crippen LogP contribution is -2.50. The minimum Gasteiger partial charge on any atom is -0.454 e. The molecule has 0 saturated heterocycles. The van der Waals surface area contributed by atoms with Crippen molar-refractivity contribution in [3.63, 3.8) is 0 Å². The second kappa shape index (κ2) is 7.33. The normalized spacial score (nSPS) is 25.4. The van der Waals surface area contributed by atoms with Gasteiger partial charge >= 0.3 is 0 Å². The van der Waals surface area contributed by atoms with Crippen molar-refractivity contribution in [2.45, 2.75) is 57.3 Å². The summed E-state index contributed by atoms with van der Waals surface area (Å²) in [6.45, 7) is 2.35. The van der Waals surface area contributed by atoms with Gasteiger partial charge in [0.15, 0.2) is 11.5 Å². The SMILES string of the molecule is CCc1cccc(-c2[nH]c(C34CCC(C(N)=O)(CC3)CC4)nc2-c2ccc3c(c2)OCO3)n1. The van der Waals surface area contributed by atoms with Crippen LogP contribution < -0.4 is 15.2 Å². The van der Waals surface area contributed by atoms with Gasteiger partial charge in [-0.15, -0.1) is 0 Å². The van der Waals surface area contributed by atoms with Crippen molar-refractivity contribution in [3.8, 4) is 34.1 Å². The molecule has 1 aromatic carbocycles. The van der Waals surface area contributed by atoms with Gasteiger partial charge < -0.3 is 20.2 Å². The fraction of sp³-hybridized carbons (Fsp3) is 0.423. The van der Waals surface area contributed by atoms with E-state index in [-0.39, 0.29) is 23.5 Å². The third-order valence-corrected chi connectivity index (χ3v) is 8.05. The number of pyridine rings is 1. The number of ether oxygens (including phenoxy) is 2. The standard InChI is InChI=1S/C26H28N4O3/c1-2-17-4-3-5-18(28-17)22-21(16-6-7-19-20(14-16)33-15-32-19)29-24(30-22)26-11-8-25(9-12-26,10-13-26)23(27)31/h3-7,14H,2,8-13,15H2,1H3,(H2,27,31)(H,29,30). The summed E-state index contributed by atoms with van der Waals surface area (Å²) in [5, 5.41) is 0. The van der Waals surface area contributed by atoms with Crippen molar-refractivity contribution in [2.75, 3.05) is 6.79 Å². The molecule has 2 aromatic heterocycles. The zero-order valence-electron chi connectivity index (χ0n) is 18.8. The summed E-state index contributed by atoms with van der Waals surface area (Å²) < 4.78 is 11.1. The van der Waals surface area contributed by atoms with Gasteiger partial charge in [0.2, 0.25) is 12.7 Å². The van der Waals surface area contributed by atoms with Crippen LogP contribution in [0.25, 0.3) is 22.6 Å². The van der Waals surface area contributed by atoms with E-state index in [4.69, 9.17) is 25.2 Å². The van der Waals surface area contributed by atoms with E-state index in [1.807, 2.05) is 36.4 Å². The molecule has 7 heteroatoms. The molecule has 3 saturated carbocycles. The summed E-state index contributed by atoms with van der Waals surface area (Å²) in [6.07, 6.45) is 6.14. The maximum Gasteiger partial charge on any atom is 0.231 e. The number of carbonyl (C=O) groups excluding carboxylic acids is 1. The summed E-state index contributed by atoms with van der Waals surface area (Å²) in [5.74, 6) is 2.34. The minimum absolute atomic E-state index is 0.0527. The molecule has 3 aromatic rings. The first kappa shape index (κ1) is 20.3. The number of rotatable bonds is 5. The number of carbonyl (C=O) groups is 1. The molecule has 2 bridgehead atoms. The van der Waals surface area contributed by atoms with Crippen LogP contribution in [-0.4, -0.2) is 27.7 Å². The monoisotopic (exact) mass is 444 g/mol. The first-order valence-corrected chi connectivity index (χ1v) is 11.8. The number of nitrogens with two attached hydrogens (primary N) is 1. The van der Waals surface area contributed by atoms with E-state index in [0.29, 0.717) is 0 Å². The van der Waals surface area contributed by atoms with Crippen LogP contribution in [0.4, 0.5) is 0 Å².